The van der Waals surface area contributed by atoms with Crippen molar-refractivity contribution in [3.8, 4) is 0 Å². The molecule has 0 aliphatic rings. The highest BCUT2D eigenvalue weighted by atomic mass is 16.5. The number of nitrogens with zero attached hydrogens (tertiary/aromatic N) is 1. The van der Waals surface area contributed by atoms with Crippen LogP contribution in [0.25, 0.3) is 0 Å². The number of hydrogen-bond donors (Lipinski definition) is 1. The lowest BCUT2D eigenvalue weighted by atomic mass is 10.0. The van der Waals surface area contributed by atoms with Gasteiger partial charge in [-0.05, 0) is 46.2 Å². The van der Waals surface area contributed by atoms with E-state index in [4.69, 9.17) is 9.47 Å². The van der Waals surface area contributed by atoms with Gasteiger partial charge in [-0.2, -0.15) is 0 Å². The van der Waals surface area contributed by atoms with E-state index in [2.05, 4.69) is 5.32 Å². The lowest BCUT2D eigenvalue weighted by Crippen LogP contribution is -2.35. The van der Waals surface area contributed by atoms with Crippen molar-refractivity contribution in [1.29, 1.82) is 0 Å². The predicted molar refractivity (Wildman–Crippen MR) is 89.2 cm³/mol. The highest BCUT2D eigenvalue weighted by Gasteiger charge is 2.28. The molecular formula is C17H28N2O4. The molecule has 1 atom stereocenters. The first-order valence-corrected chi connectivity index (χ1v) is 7.95. The molecule has 1 rings (SSSR count). The Balaban J connectivity index is 3.05. The number of aromatic nitrogens is 1. The van der Waals surface area contributed by atoms with E-state index in [-0.39, 0.29) is 11.8 Å². The van der Waals surface area contributed by atoms with Gasteiger partial charge in [0.15, 0.2) is 5.78 Å². The number of carbonyl (C=O) groups excluding carboxylic acids is 2. The highest BCUT2D eigenvalue weighted by molar-refractivity contribution is 6.05. The molecule has 0 fully saturated rings. The Morgan fingerprint density at radius 1 is 1.26 bits per heavy atom. The summed E-state index contributed by atoms with van der Waals surface area (Å²) in [4.78, 5) is 24.8. The fraction of sp³-hybridized carbons (Fsp3) is 0.647. The van der Waals surface area contributed by atoms with Gasteiger partial charge in [-0.3, -0.25) is 4.79 Å². The van der Waals surface area contributed by atoms with Crippen LogP contribution in [0.15, 0.2) is 0 Å². The molecule has 0 saturated carbocycles. The lowest BCUT2D eigenvalue weighted by molar-refractivity contribution is 0.0587. The quantitative estimate of drug-likeness (QED) is 0.428. The first-order chi connectivity index (χ1) is 10.9. The molecule has 6 nitrogen and oxygen atoms in total. The molecule has 0 radical (unpaired) electrons. The van der Waals surface area contributed by atoms with E-state index < -0.39 is 5.97 Å². The minimum Gasteiger partial charge on any atom is -0.464 e. The van der Waals surface area contributed by atoms with Crippen LogP contribution in [0.2, 0.25) is 0 Å². The number of hydrogen-bond acceptors (Lipinski definition) is 5. The monoisotopic (exact) mass is 324 g/mol. The Kier molecular flexibility index (Phi) is 7.45. The molecule has 0 spiro atoms. The number of carbonyl (C=O) groups is 2. The number of nitrogens with one attached hydrogen (secondary N) is 1. The van der Waals surface area contributed by atoms with Crippen LogP contribution in [0.1, 0.15) is 52.4 Å². The molecule has 0 aliphatic heterocycles. The maximum absolute atomic E-state index is 12.8. The zero-order valence-corrected chi connectivity index (χ0v) is 15.0. The van der Waals surface area contributed by atoms with E-state index in [0.29, 0.717) is 36.5 Å². The van der Waals surface area contributed by atoms with Crippen LogP contribution in [0, 0.1) is 13.8 Å². The fourth-order valence-electron chi connectivity index (χ4n) is 2.86. The fourth-order valence-corrected chi connectivity index (χ4v) is 2.86. The van der Waals surface area contributed by atoms with Gasteiger partial charge in [0, 0.05) is 31.5 Å². The summed E-state index contributed by atoms with van der Waals surface area (Å²) >= 11 is 0. The van der Waals surface area contributed by atoms with Crippen LogP contribution < -0.4 is 5.32 Å². The van der Waals surface area contributed by atoms with Gasteiger partial charge in [-0.25, -0.2) is 4.79 Å². The summed E-state index contributed by atoms with van der Waals surface area (Å²) in [5.41, 5.74) is 2.56. The summed E-state index contributed by atoms with van der Waals surface area (Å²) in [6, 6.07) is -0.317. The largest absolute Gasteiger partial charge is 0.464 e. The summed E-state index contributed by atoms with van der Waals surface area (Å²) in [5, 5.41) is 3.21. The van der Waals surface area contributed by atoms with Crippen molar-refractivity contribution in [3.05, 3.63) is 22.5 Å². The molecule has 0 aromatic carbocycles. The third-order valence-corrected chi connectivity index (χ3v) is 4.08. The summed E-state index contributed by atoms with van der Waals surface area (Å²) < 4.78 is 11.7. The molecule has 1 aromatic heterocycles. The van der Waals surface area contributed by atoms with Crippen LogP contribution >= 0.6 is 0 Å². The molecule has 23 heavy (non-hydrogen) atoms. The molecule has 130 valence electrons. The maximum atomic E-state index is 12.8. The van der Waals surface area contributed by atoms with Crippen molar-refractivity contribution in [1.82, 2.24) is 9.88 Å². The molecule has 1 unspecified atom stereocenters. The molecule has 1 heterocycles. The molecule has 1 aromatic rings. The van der Waals surface area contributed by atoms with Gasteiger partial charge in [0.1, 0.15) is 5.69 Å². The van der Waals surface area contributed by atoms with Crippen LogP contribution in [-0.2, 0) is 16.0 Å². The van der Waals surface area contributed by atoms with E-state index in [1.807, 2.05) is 25.3 Å². The smallest absolute Gasteiger partial charge is 0.354 e. The molecule has 6 heteroatoms. The van der Waals surface area contributed by atoms with Crippen molar-refractivity contribution >= 4 is 11.8 Å². The SMILES string of the molecule is CCn1c(C)c(C(=O)C(C)NCCCOC)c(C)c1C(=O)OC. The Labute approximate surface area is 138 Å². The molecule has 0 bridgehead atoms. The number of ether oxygens (including phenoxy) is 2. The van der Waals surface area contributed by atoms with Gasteiger partial charge >= 0.3 is 5.97 Å². The molecule has 0 saturated heterocycles. The second-order valence-electron chi connectivity index (χ2n) is 5.56. The van der Waals surface area contributed by atoms with Gasteiger partial charge < -0.3 is 19.4 Å². The van der Waals surface area contributed by atoms with E-state index in [1.165, 1.54) is 7.11 Å². The Morgan fingerprint density at radius 2 is 1.91 bits per heavy atom. The van der Waals surface area contributed by atoms with Crippen LogP contribution in [0.5, 0.6) is 0 Å². The summed E-state index contributed by atoms with van der Waals surface area (Å²) in [6.45, 7) is 9.43. The van der Waals surface area contributed by atoms with Crippen molar-refractivity contribution in [2.24, 2.45) is 0 Å². The van der Waals surface area contributed by atoms with Gasteiger partial charge in [-0.1, -0.05) is 0 Å². The van der Waals surface area contributed by atoms with Crippen molar-refractivity contribution in [3.63, 3.8) is 0 Å². The lowest BCUT2D eigenvalue weighted by Gasteiger charge is -2.13. The van der Waals surface area contributed by atoms with E-state index in [0.717, 1.165) is 12.1 Å². The number of ketones is 1. The highest BCUT2D eigenvalue weighted by Crippen LogP contribution is 2.24. The second kappa shape index (κ2) is 8.84. The average molecular weight is 324 g/mol. The van der Waals surface area contributed by atoms with Crippen molar-refractivity contribution < 1.29 is 19.1 Å². The first kappa shape index (κ1) is 19.4. The Morgan fingerprint density at radius 3 is 2.43 bits per heavy atom. The minimum atomic E-state index is -0.410. The Hall–Kier alpha value is -1.66. The van der Waals surface area contributed by atoms with Gasteiger partial charge in [0.05, 0.1) is 13.2 Å². The molecular weight excluding hydrogens is 296 g/mol. The van der Waals surface area contributed by atoms with E-state index in [9.17, 15) is 9.59 Å². The number of rotatable bonds is 9. The molecule has 0 aliphatic carbocycles. The Bertz CT molecular complexity index is 563. The first-order valence-electron chi connectivity index (χ1n) is 7.95. The van der Waals surface area contributed by atoms with E-state index in [1.54, 1.807) is 14.0 Å². The number of Topliss-reactive ketones (excluding diaryl/α,β-unsaturated/α-hetero) is 1. The van der Waals surface area contributed by atoms with E-state index >= 15 is 0 Å². The van der Waals surface area contributed by atoms with Crippen LogP contribution in [-0.4, -0.2) is 49.7 Å². The van der Waals surface area contributed by atoms with Crippen LogP contribution in [0.3, 0.4) is 0 Å². The van der Waals surface area contributed by atoms with Crippen molar-refractivity contribution in [2.75, 3.05) is 27.4 Å². The van der Waals surface area contributed by atoms with Gasteiger partial charge in [0.25, 0.3) is 0 Å². The maximum Gasteiger partial charge on any atom is 0.354 e. The third-order valence-electron chi connectivity index (χ3n) is 4.08. The summed E-state index contributed by atoms with van der Waals surface area (Å²) in [6.07, 6.45) is 0.843. The normalized spacial score (nSPS) is 12.3. The number of methoxy groups -OCH3 is 2. The molecule has 1 N–H and O–H groups in total. The van der Waals surface area contributed by atoms with Crippen molar-refractivity contribution in [2.45, 2.75) is 46.7 Å². The topological polar surface area (TPSA) is 69.6 Å². The predicted octanol–water partition coefficient (Wildman–Crippen LogP) is 2.11. The van der Waals surface area contributed by atoms with Crippen LogP contribution in [0.4, 0.5) is 0 Å². The molecule has 0 amide bonds. The van der Waals surface area contributed by atoms with Gasteiger partial charge in [-0.15, -0.1) is 0 Å². The second-order valence-corrected chi connectivity index (χ2v) is 5.56. The third kappa shape index (κ3) is 4.20. The zero-order chi connectivity index (χ0) is 17.6. The zero-order valence-electron chi connectivity index (χ0n) is 15.0. The average Bonchev–Trinajstić information content (AvgIpc) is 2.80. The van der Waals surface area contributed by atoms with Gasteiger partial charge in [0.2, 0.25) is 0 Å². The summed E-state index contributed by atoms with van der Waals surface area (Å²) in [5.74, 6) is -0.415. The standard InChI is InChI=1S/C17H28N2O4/c1-7-19-13(4)14(11(2)15(19)17(21)23-6)16(20)12(3)18-9-8-10-22-5/h12,18H,7-10H2,1-6H3. The number of esters is 1. The minimum absolute atomic E-state index is 0.00484. The summed E-state index contributed by atoms with van der Waals surface area (Å²) in [7, 11) is 3.01.